The largest absolute Gasteiger partial charge is 0.315 e. The van der Waals surface area contributed by atoms with Gasteiger partial charge in [0, 0.05) is 6.07 Å². The number of rotatable bonds is 2. The molecule has 1 aromatic carbocycles. The monoisotopic (exact) mass is 311 g/mol. The van der Waals surface area contributed by atoms with E-state index in [2.05, 4.69) is 10.2 Å². The van der Waals surface area contributed by atoms with Gasteiger partial charge < -0.3 is 5.32 Å². The lowest BCUT2D eigenvalue weighted by molar-refractivity contribution is 0.102. The molecule has 0 fully saturated rings. The van der Waals surface area contributed by atoms with Crippen LogP contribution < -0.4 is 5.32 Å². The number of benzene rings is 1. The van der Waals surface area contributed by atoms with Gasteiger partial charge >= 0.3 is 0 Å². The second-order valence-corrected chi connectivity index (χ2v) is 4.72. The highest BCUT2D eigenvalue weighted by Gasteiger charge is 2.22. The molecular weight excluding hydrogens is 310 g/mol. The Balaban J connectivity index is 2.36. The van der Waals surface area contributed by atoms with Crippen molar-refractivity contribution in [2.75, 3.05) is 5.32 Å². The van der Waals surface area contributed by atoms with Gasteiger partial charge in [0.1, 0.15) is 5.69 Å². The highest BCUT2D eigenvalue weighted by molar-refractivity contribution is 7.17. The topological polar surface area (TPSA) is 54.9 Å². The first kappa shape index (κ1) is 13.7. The normalized spacial score (nSPS) is 10.6. The van der Waals surface area contributed by atoms with Gasteiger partial charge in [-0.3, -0.25) is 4.79 Å². The Kier molecular flexibility index (Phi) is 3.67. The van der Waals surface area contributed by atoms with Crippen molar-refractivity contribution >= 4 is 34.5 Å². The van der Waals surface area contributed by atoms with Crippen molar-refractivity contribution in [2.45, 2.75) is 0 Å². The van der Waals surface area contributed by atoms with E-state index in [1.54, 1.807) is 5.32 Å². The number of hydrogen-bond acceptors (Lipinski definition) is 4. The van der Waals surface area contributed by atoms with E-state index in [4.69, 9.17) is 11.6 Å². The van der Waals surface area contributed by atoms with Crippen molar-refractivity contribution in [1.29, 1.82) is 0 Å². The SMILES string of the molecule is O=C(Nc1c(F)c(F)cc(F)c1F)c1nnc(Cl)s1. The number of anilines is 1. The van der Waals surface area contributed by atoms with Crippen molar-refractivity contribution in [2.24, 2.45) is 0 Å². The van der Waals surface area contributed by atoms with Gasteiger partial charge in [-0.05, 0) is 11.6 Å². The van der Waals surface area contributed by atoms with Crippen molar-refractivity contribution in [3.63, 3.8) is 0 Å². The first-order valence-electron chi connectivity index (χ1n) is 4.53. The van der Waals surface area contributed by atoms with Crippen molar-refractivity contribution in [3.8, 4) is 0 Å². The lowest BCUT2D eigenvalue weighted by Crippen LogP contribution is -2.15. The van der Waals surface area contributed by atoms with Gasteiger partial charge in [-0.1, -0.05) is 11.3 Å². The Bertz CT molecular complexity index is 637. The minimum Gasteiger partial charge on any atom is -0.315 e. The first-order chi connectivity index (χ1) is 8.90. The Morgan fingerprint density at radius 3 is 2.21 bits per heavy atom. The third-order valence-electron chi connectivity index (χ3n) is 1.94. The number of carbonyl (C=O) groups excluding carboxylic acids is 1. The molecule has 0 spiro atoms. The summed E-state index contributed by atoms with van der Waals surface area (Å²) < 4.78 is 52.3. The van der Waals surface area contributed by atoms with E-state index in [0.29, 0.717) is 11.3 Å². The van der Waals surface area contributed by atoms with Crippen LogP contribution in [0.3, 0.4) is 0 Å². The average Bonchev–Trinajstić information content (AvgIpc) is 2.79. The number of nitrogens with one attached hydrogen (secondary N) is 1. The second kappa shape index (κ2) is 5.10. The van der Waals surface area contributed by atoms with E-state index in [1.165, 1.54) is 0 Å². The van der Waals surface area contributed by atoms with Crippen LogP contribution in [0.4, 0.5) is 23.2 Å². The number of carbonyl (C=O) groups is 1. The molecule has 0 aliphatic heterocycles. The summed E-state index contributed by atoms with van der Waals surface area (Å²) in [4.78, 5) is 11.5. The van der Waals surface area contributed by atoms with Crippen LogP contribution in [0.2, 0.25) is 4.47 Å². The maximum absolute atomic E-state index is 13.3. The molecule has 1 aromatic heterocycles. The minimum absolute atomic E-state index is 0.0299. The molecule has 4 nitrogen and oxygen atoms in total. The zero-order chi connectivity index (χ0) is 14.2. The average molecular weight is 312 g/mol. The third-order valence-corrected chi connectivity index (χ3v) is 2.96. The molecule has 0 atom stereocenters. The molecule has 0 radical (unpaired) electrons. The van der Waals surface area contributed by atoms with Gasteiger partial charge in [0.2, 0.25) is 9.47 Å². The molecule has 19 heavy (non-hydrogen) atoms. The summed E-state index contributed by atoms with van der Waals surface area (Å²) in [6.45, 7) is 0. The van der Waals surface area contributed by atoms with Crippen LogP contribution in [-0.2, 0) is 0 Å². The minimum atomic E-state index is -1.72. The Hall–Kier alpha value is -1.74. The molecule has 0 saturated carbocycles. The summed E-state index contributed by atoms with van der Waals surface area (Å²) in [6, 6.07) is 0.0299. The van der Waals surface area contributed by atoms with Crippen LogP contribution in [0, 0.1) is 23.3 Å². The molecule has 0 unspecified atom stereocenters. The molecule has 1 N–H and O–H groups in total. The molecular formula is C9H2ClF4N3OS. The maximum atomic E-state index is 13.3. The lowest BCUT2D eigenvalue weighted by Gasteiger charge is -2.07. The molecule has 0 bridgehead atoms. The van der Waals surface area contributed by atoms with Gasteiger partial charge in [-0.2, -0.15) is 0 Å². The van der Waals surface area contributed by atoms with Crippen LogP contribution in [0.5, 0.6) is 0 Å². The van der Waals surface area contributed by atoms with Gasteiger partial charge in [0.15, 0.2) is 23.3 Å². The zero-order valence-corrected chi connectivity index (χ0v) is 10.3. The van der Waals surface area contributed by atoms with Gasteiger partial charge in [0.25, 0.3) is 5.91 Å². The number of amides is 1. The molecule has 2 aromatic rings. The quantitative estimate of drug-likeness (QED) is 0.685. The molecule has 2 rings (SSSR count). The Morgan fingerprint density at radius 1 is 1.16 bits per heavy atom. The second-order valence-electron chi connectivity index (χ2n) is 3.16. The Labute approximate surface area is 112 Å². The smallest absolute Gasteiger partial charge is 0.286 e. The molecule has 10 heteroatoms. The van der Waals surface area contributed by atoms with E-state index < -0.39 is 34.9 Å². The van der Waals surface area contributed by atoms with Gasteiger partial charge in [-0.15, -0.1) is 10.2 Å². The molecule has 1 heterocycles. The molecule has 0 aliphatic carbocycles. The molecule has 0 aliphatic rings. The summed E-state index contributed by atoms with van der Waals surface area (Å²) in [5.41, 5.74) is -1.24. The highest BCUT2D eigenvalue weighted by atomic mass is 35.5. The first-order valence-corrected chi connectivity index (χ1v) is 5.73. The maximum Gasteiger partial charge on any atom is 0.286 e. The molecule has 0 saturated heterocycles. The van der Waals surface area contributed by atoms with Crippen LogP contribution in [-0.4, -0.2) is 16.1 Å². The molecule has 100 valence electrons. The van der Waals surface area contributed by atoms with Gasteiger partial charge in [0.05, 0.1) is 0 Å². The molecule has 1 amide bonds. The number of halogens is 5. The summed E-state index contributed by atoms with van der Waals surface area (Å²) in [7, 11) is 0. The highest BCUT2D eigenvalue weighted by Crippen LogP contribution is 2.25. The summed E-state index contributed by atoms with van der Waals surface area (Å²) in [5, 5.41) is 7.96. The van der Waals surface area contributed by atoms with Gasteiger partial charge in [-0.25, -0.2) is 17.6 Å². The van der Waals surface area contributed by atoms with Crippen LogP contribution >= 0.6 is 22.9 Å². The number of aromatic nitrogens is 2. The number of nitrogens with zero attached hydrogens (tertiary/aromatic N) is 2. The summed E-state index contributed by atoms with van der Waals surface area (Å²) in [6.07, 6.45) is 0. The van der Waals surface area contributed by atoms with Crippen molar-refractivity contribution in [3.05, 3.63) is 38.8 Å². The van der Waals surface area contributed by atoms with Crippen LogP contribution in [0.25, 0.3) is 0 Å². The van der Waals surface area contributed by atoms with E-state index >= 15 is 0 Å². The van der Waals surface area contributed by atoms with Crippen LogP contribution in [0.15, 0.2) is 6.07 Å². The Morgan fingerprint density at radius 2 is 1.74 bits per heavy atom. The fourth-order valence-electron chi connectivity index (χ4n) is 1.15. The zero-order valence-electron chi connectivity index (χ0n) is 8.68. The van der Waals surface area contributed by atoms with Crippen molar-refractivity contribution in [1.82, 2.24) is 10.2 Å². The summed E-state index contributed by atoms with van der Waals surface area (Å²) >= 11 is 6.05. The van der Waals surface area contributed by atoms with E-state index in [9.17, 15) is 22.4 Å². The predicted octanol–water partition coefficient (Wildman–Crippen LogP) is 3.00. The predicted molar refractivity (Wildman–Crippen MR) is 59.1 cm³/mol. The summed E-state index contributed by atoms with van der Waals surface area (Å²) in [5.74, 6) is -7.80. The van der Waals surface area contributed by atoms with Crippen molar-refractivity contribution < 1.29 is 22.4 Å². The standard InChI is InChI=1S/C9H2ClF4N3OS/c10-9-17-16-8(19-9)7(18)15-6-4(13)2(11)1-3(12)5(6)14/h1H,(H,15,18). The lowest BCUT2D eigenvalue weighted by atomic mass is 10.2. The third kappa shape index (κ3) is 2.66. The fourth-order valence-corrected chi connectivity index (χ4v) is 1.87. The van der Waals surface area contributed by atoms with E-state index in [0.717, 1.165) is 0 Å². The van der Waals surface area contributed by atoms with Crippen LogP contribution in [0.1, 0.15) is 9.80 Å². The van der Waals surface area contributed by atoms with E-state index in [1.807, 2.05) is 0 Å². The number of hydrogen-bond donors (Lipinski definition) is 1. The fraction of sp³-hybridized carbons (Fsp3) is 0. The van der Waals surface area contributed by atoms with E-state index in [-0.39, 0.29) is 15.5 Å².